The van der Waals surface area contributed by atoms with Crippen molar-refractivity contribution in [1.82, 2.24) is 10.6 Å². The van der Waals surface area contributed by atoms with Crippen LogP contribution in [0.1, 0.15) is 44.2 Å². The van der Waals surface area contributed by atoms with Crippen LogP contribution in [0.4, 0.5) is 0 Å². The highest BCUT2D eigenvalue weighted by molar-refractivity contribution is 7.12. The minimum atomic E-state index is -0.00162. The summed E-state index contributed by atoms with van der Waals surface area (Å²) in [7, 11) is 0. The Balaban J connectivity index is 1.73. The summed E-state index contributed by atoms with van der Waals surface area (Å²) in [5.74, 6) is -0.00162. The van der Waals surface area contributed by atoms with Crippen molar-refractivity contribution in [2.24, 2.45) is 0 Å². The summed E-state index contributed by atoms with van der Waals surface area (Å²) in [6.45, 7) is 5.87. The highest BCUT2D eigenvalue weighted by atomic mass is 32.1. The van der Waals surface area contributed by atoms with Gasteiger partial charge in [-0.25, -0.2) is 0 Å². The number of hydrogen-bond acceptors (Lipinski definition) is 3. The molecule has 3 rings (SSSR count). The second-order valence-electron chi connectivity index (χ2n) is 5.23. The average molecular weight is 286 g/mol. The number of hydrogen-bond donors (Lipinski definition) is 2. The number of amides is 1. The lowest BCUT2D eigenvalue weighted by atomic mass is 10.1. The maximum atomic E-state index is 12.3. The Morgan fingerprint density at radius 1 is 1.25 bits per heavy atom. The Hall–Kier alpha value is -1.65. The molecule has 0 aliphatic carbocycles. The van der Waals surface area contributed by atoms with Gasteiger partial charge in [-0.2, -0.15) is 0 Å². The predicted octanol–water partition coefficient (Wildman–Crippen LogP) is 3.15. The van der Waals surface area contributed by atoms with Gasteiger partial charge in [0.05, 0.1) is 6.04 Å². The van der Waals surface area contributed by atoms with Crippen LogP contribution in [0, 0.1) is 6.92 Å². The van der Waals surface area contributed by atoms with Crippen molar-refractivity contribution in [3.8, 4) is 0 Å². The molecule has 2 heterocycles. The zero-order chi connectivity index (χ0) is 14.1. The standard InChI is InChI=1S/C16H18N2OS/c1-10-3-6-15(20-10)11(2)18-16(19)12-4-5-13-8-17-9-14(13)7-12/h3-7,11,17H,8-9H2,1-2H3,(H,18,19). The Morgan fingerprint density at radius 2 is 2.05 bits per heavy atom. The van der Waals surface area contributed by atoms with Gasteiger partial charge in [0.15, 0.2) is 0 Å². The molecule has 20 heavy (non-hydrogen) atoms. The van der Waals surface area contributed by atoms with Crippen LogP contribution in [0.3, 0.4) is 0 Å². The highest BCUT2D eigenvalue weighted by Gasteiger charge is 2.16. The van der Waals surface area contributed by atoms with Gasteiger partial charge in [0.25, 0.3) is 5.91 Å². The zero-order valence-corrected chi connectivity index (χ0v) is 12.5. The summed E-state index contributed by atoms with van der Waals surface area (Å²) < 4.78 is 0. The minimum absolute atomic E-state index is 0.00162. The summed E-state index contributed by atoms with van der Waals surface area (Å²) in [6, 6.07) is 10.2. The van der Waals surface area contributed by atoms with E-state index in [1.165, 1.54) is 20.9 Å². The van der Waals surface area contributed by atoms with Gasteiger partial charge in [-0.1, -0.05) is 6.07 Å². The Kier molecular flexibility index (Phi) is 3.59. The van der Waals surface area contributed by atoms with E-state index in [-0.39, 0.29) is 11.9 Å². The fraction of sp³-hybridized carbons (Fsp3) is 0.312. The van der Waals surface area contributed by atoms with Gasteiger partial charge in [0.1, 0.15) is 0 Å². The summed E-state index contributed by atoms with van der Waals surface area (Å²) >= 11 is 1.73. The first-order valence-corrected chi connectivity index (χ1v) is 7.65. The molecule has 1 atom stereocenters. The van der Waals surface area contributed by atoms with E-state index in [1.54, 1.807) is 11.3 Å². The molecule has 1 aromatic carbocycles. The molecule has 1 aromatic heterocycles. The van der Waals surface area contributed by atoms with Gasteiger partial charge in [-0.05, 0) is 49.2 Å². The molecule has 0 spiro atoms. The number of thiophene rings is 1. The quantitative estimate of drug-likeness (QED) is 0.910. The van der Waals surface area contributed by atoms with Crippen LogP contribution in [0.5, 0.6) is 0 Å². The van der Waals surface area contributed by atoms with Crippen molar-refractivity contribution in [1.29, 1.82) is 0 Å². The van der Waals surface area contributed by atoms with E-state index in [4.69, 9.17) is 0 Å². The number of fused-ring (bicyclic) bond motifs is 1. The van der Waals surface area contributed by atoms with Crippen molar-refractivity contribution in [2.75, 3.05) is 0 Å². The number of carbonyl (C=O) groups is 1. The lowest BCUT2D eigenvalue weighted by Crippen LogP contribution is -2.26. The predicted molar refractivity (Wildman–Crippen MR) is 81.9 cm³/mol. The van der Waals surface area contributed by atoms with E-state index in [2.05, 4.69) is 29.7 Å². The van der Waals surface area contributed by atoms with Gasteiger partial charge in [0.2, 0.25) is 0 Å². The summed E-state index contributed by atoms with van der Waals surface area (Å²) in [6.07, 6.45) is 0. The Bertz CT molecular complexity index is 648. The largest absolute Gasteiger partial charge is 0.345 e. The molecule has 2 aromatic rings. The molecule has 0 saturated heterocycles. The molecule has 0 bridgehead atoms. The summed E-state index contributed by atoms with van der Waals surface area (Å²) in [4.78, 5) is 14.8. The first kappa shape index (κ1) is 13.3. The first-order valence-electron chi connectivity index (χ1n) is 6.83. The second kappa shape index (κ2) is 5.38. The van der Waals surface area contributed by atoms with Crippen LogP contribution in [-0.4, -0.2) is 5.91 Å². The maximum absolute atomic E-state index is 12.3. The summed E-state index contributed by atoms with van der Waals surface area (Å²) in [5.41, 5.74) is 3.27. The summed E-state index contributed by atoms with van der Waals surface area (Å²) in [5, 5.41) is 6.36. The van der Waals surface area contributed by atoms with E-state index >= 15 is 0 Å². The molecule has 0 saturated carbocycles. The van der Waals surface area contributed by atoms with Gasteiger partial charge < -0.3 is 10.6 Å². The van der Waals surface area contributed by atoms with Gasteiger partial charge in [0, 0.05) is 28.4 Å². The Labute approximate surface area is 123 Å². The van der Waals surface area contributed by atoms with E-state index in [1.807, 2.05) is 25.1 Å². The average Bonchev–Trinajstić information content (AvgIpc) is 3.05. The topological polar surface area (TPSA) is 41.1 Å². The molecule has 3 nitrogen and oxygen atoms in total. The van der Waals surface area contributed by atoms with Crippen molar-refractivity contribution < 1.29 is 4.79 Å². The lowest BCUT2D eigenvalue weighted by Gasteiger charge is -2.13. The third-order valence-corrected chi connectivity index (χ3v) is 4.82. The fourth-order valence-electron chi connectivity index (χ4n) is 2.47. The van der Waals surface area contributed by atoms with Crippen LogP contribution in [0.15, 0.2) is 30.3 Å². The lowest BCUT2D eigenvalue weighted by molar-refractivity contribution is 0.0940. The number of rotatable bonds is 3. The Morgan fingerprint density at radius 3 is 2.80 bits per heavy atom. The molecule has 1 amide bonds. The van der Waals surface area contributed by atoms with Crippen molar-refractivity contribution in [3.63, 3.8) is 0 Å². The van der Waals surface area contributed by atoms with Crippen LogP contribution in [0.25, 0.3) is 0 Å². The molecule has 0 radical (unpaired) electrons. The third-order valence-electron chi connectivity index (χ3n) is 3.63. The van der Waals surface area contributed by atoms with E-state index < -0.39 is 0 Å². The molecule has 4 heteroatoms. The van der Waals surface area contributed by atoms with Gasteiger partial charge >= 0.3 is 0 Å². The second-order valence-corrected chi connectivity index (χ2v) is 6.55. The number of nitrogens with one attached hydrogen (secondary N) is 2. The molecule has 104 valence electrons. The fourth-order valence-corrected chi connectivity index (χ4v) is 3.35. The molecular weight excluding hydrogens is 268 g/mol. The molecule has 1 unspecified atom stereocenters. The number of aryl methyl sites for hydroxylation is 1. The normalized spacial score (nSPS) is 14.9. The third kappa shape index (κ3) is 2.62. The van der Waals surface area contributed by atoms with Crippen LogP contribution in [-0.2, 0) is 13.1 Å². The van der Waals surface area contributed by atoms with Gasteiger partial charge in [-0.3, -0.25) is 4.79 Å². The van der Waals surface area contributed by atoms with Crippen molar-refractivity contribution in [3.05, 3.63) is 56.8 Å². The number of benzene rings is 1. The van der Waals surface area contributed by atoms with Crippen LogP contribution in [0.2, 0.25) is 0 Å². The van der Waals surface area contributed by atoms with Crippen molar-refractivity contribution >= 4 is 17.2 Å². The SMILES string of the molecule is Cc1ccc(C(C)NC(=O)c2ccc3c(c2)CNC3)s1. The molecule has 1 aliphatic rings. The van der Waals surface area contributed by atoms with Crippen molar-refractivity contribution in [2.45, 2.75) is 33.0 Å². The monoisotopic (exact) mass is 286 g/mol. The van der Waals surface area contributed by atoms with Crippen LogP contribution >= 0.6 is 11.3 Å². The van der Waals surface area contributed by atoms with Gasteiger partial charge in [-0.15, -0.1) is 11.3 Å². The minimum Gasteiger partial charge on any atom is -0.345 e. The van der Waals surface area contributed by atoms with E-state index in [0.29, 0.717) is 0 Å². The molecular formula is C16H18N2OS. The first-order chi connectivity index (χ1) is 9.63. The molecule has 0 fully saturated rings. The highest BCUT2D eigenvalue weighted by Crippen LogP contribution is 2.23. The number of carbonyl (C=O) groups excluding carboxylic acids is 1. The smallest absolute Gasteiger partial charge is 0.251 e. The maximum Gasteiger partial charge on any atom is 0.251 e. The molecule has 2 N–H and O–H groups in total. The van der Waals surface area contributed by atoms with Crippen LogP contribution < -0.4 is 10.6 Å². The van der Waals surface area contributed by atoms with E-state index in [0.717, 1.165) is 18.7 Å². The van der Waals surface area contributed by atoms with E-state index in [9.17, 15) is 4.79 Å². The molecule has 1 aliphatic heterocycles. The zero-order valence-electron chi connectivity index (χ0n) is 11.7.